The molecule has 0 bridgehead atoms. The summed E-state index contributed by atoms with van der Waals surface area (Å²) in [6, 6.07) is 5.66. The number of benzene rings is 1. The average molecular weight is 263 g/mol. The van der Waals surface area contributed by atoms with E-state index in [2.05, 4.69) is 25.7 Å². The lowest BCUT2D eigenvalue weighted by atomic mass is 10.0. The first-order chi connectivity index (χ1) is 8.94. The zero-order valence-electron chi connectivity index (χ0n) is 11.7. The molecule has 1 aromatic rings. The van der Waals surface area contributed by atoms with E-state index in [0.717, 1.165) is 18.8 Å². The molecule has 2 atom stereocenters. The lowest BCUT2D eigenvalue weighted by molar-refractivity contribution is -0.139. The molecule has 1 saturated heterocycles. The molecule has 2 aliphatic rings. The highest BCUT2D eigenvalue weighted by molar-refractivity contribution is 5.44. The monoisotopic (exact) mass is 263 g/mol. The number of morpholine rings is 1. The fourth-order valence-electron chi connectivity index (χ4n) is 3.22. The van der Waals surface area contributed by atoms with E-state index in [4.69, 9.17) is 9.47 Å². The molecular weight excluding hydrogens is 242 g/mol. The largest absolute Gasteiger partial charge is 0.508 e. The molecule has 0 amide bonds. The third-order valence-corrected chi connectivity index (χ3v) is 3.79. The quantitative estimate of drug-likeness (QED) is 0.844. The SMILES string of the molecule is CC1CN(C2COc3cc(O)ccc32)CC(C)(C)O1. The Morgan fingerprint density at radius 1 is 1.37 bits per heavy atom. The van der Waals surface area contributed by atoms with Gasteiger partial charge in [-0.3, -0.25) is 4.90 Å². The summed E-state index contributed by atoms with van der Waals surface area (Å²) < 4.78 is 11.7. The molecule has 0 radical (unpaired) electrons. The Hall–Kier alpha value is -1.26. The van der Waals surface area contributed by atoms with Crippen LogP contribution in [0.3, 0.4) is 0 Å². The van der Waals surface area contributed by atoms with Gasteiger partial charge in [0.1, 0.15) is 18.1 Å². The predicted octanol–water partition coefficient (Wildman–Crippen LogP) is 2.33. The maximum atomic E-state index is 9.50. The second kappa shape index (κ2) is 4.39. The standard InChI is InChI=1S/C15H21NO3/c1-10-7-16(9-15(2,3)19-10)13-8-18-14-6-11(17)4-5-12(13)14/h4-6,10,13,17H,7-9H2,1-3H3. The first-order valence-electron chi connectivity index (χ1n) is 6.82. The summed E-state index contributed by atoms with van der Waals surface area (Å²) in [5.74, 6) is 1.07. The van der Waals surface area contributed by atoms with Crippen molar-refractivity contribution in [1.29, 1.82) is 0 Å². The molecule has 0 aliphatic carbocycles. The van der Waals surface area contributed by atoms with Gasteiger partial charge < -0.3 is 14.6 Å². The fourth-order valence-corrected chi connectivity index (χ4v) is 3.22. The van der Waals surface area contributed by atoms with Crippen LogP contribution in [0.2, 0.25) is 0 Å². The Morgan fingerprint density at radius 3 is 2.89 bits per heavy atom. The number of phenolic OH excluding ortho intramolecular Hbond substituents is 1. The highest BCUT2D eigenvalue weighted by atomic mass is 16.5. The van der Waals surface area contributed by atoms with Gasteiger partial charge in [0.25, 0.3) is 0 Å². The normalized spacial score (nSPS) is 29.8. The minimum atomic E-state index is -0.128. The number of rotatable bonds is 1. The summed E-state index contributed by atoms with van der Waals surface area (Å²) in [7, 11) is 0. The zero-order valence-corrected chi connectivity index (χ0v) is 11.7. The summed E-state index contributed by atoms with van der Waals surface area (Å²) in [4.78, 5) is 2.43. The van der Waals surface area contributed by atoms with Gasteiger partial charge in [-0.15, -0.1) is 0 Å². The molecule has 4 heteroatoms. The summed E-state index contributed by atoms with van der Waals surface area (Å²) in [6.07, 6.45) is 0.227. The van der Waals surface area contributed by atoms with Crippen LogP contribution in [-0.4, -0.2) is 41.4 Å². The number of aromatic hydroxyl groups is 1. The van der Waals surface area contributed by atoms with Crippen molar-refractivity contribution in [2.24, 2.45) is 0 Å². The van der Waals surface area contributed by atoms with E-state index in [9.17, 15) is 5.11 Å². The maximum Gasteiger partial charge on any atom is 0.127 e. The van der Waals surface area contributed by atoms with Crippen molar-refractivity contribution in [3.05, 3.63) is 23.8 Å². The molecule has 104 valence electrons. The Bertz CT molecular complexity index is 486. The van der Waals surface area contributed by atoms with Gasteiger partial charge in [0.05, 0.1) is 17.7 Å². The first kappa shape index (κ1) is 12.8. The van der Waals surface area contributed by atoms with Crippen LogP contribution < -0.4 is 4.74 Å². The molecule has 4 nitrogen and oxygen atoms in total. The van der Waals surface area contributed by atoms with Crippen molar-refractivity contribution in [3.8, 4) is 11.5 Å². The molecule has 0 spiro atoms. The predicted molar refractivity (Wildman–Crippen MR) is 72.5 cm³/mol. The summed E-state index contributed by atoms with van der Waals surface area (Å²) in [5, 5.41) is 9.50. The minimum absolute atomic E-state index is 0.128. The molecule has 2 aliphatic heterocycles. The number of nitrogens with zero attached hydrogens (tertiary/aromatic N) is 1. The molecule has 1 aromatic carbocycles. The van der Waals surface area contributed by atoms with E-state index in [1.54, 1.807) is 12.1 Å². The number of hydrogen-bond donors (Lipinski definition) is 1. The number of ether oxygens (including phenoxy) is 2. The second-order valence-electron chi connectivity index (χ2n) is 6.17. The van der Waals surface area contributed by atoms with Crippen LogP contribution in [0.1, 0.15) is 32.4 Å². The highest BCUT2D eigenvalue weighted by Gasteiger charge is 2.38. The third-order valence-electron chi connectivity index (χ3n) is 3.79. The Kier molecular flexibility index (Phi) is 2.95. The van der Waals surface area contributed by atoms with Gasteiger partial charge in [-0.05, 0) is 32.9 Å². The topological polar surface area (TPSA) is 41.9 Å². The molecule has 0 aromatic heterocycles. The van der Waals surface area contributed by atoms with E-state index >= 15 is 0 Å². The van der Waals surface area contributed by atoms with Crippen molar-refractivity contribution >= 4 is 0 Å². The minimum Gasteiger partial charge on any atom is -0.508 e. The van der Waals surface area contributed by atoms with Crippen LogP contribution >= 0.6 is 0 Å². The summed E-state index contributed by atoms with van der Waals surface area (Å²) >= 11 is 0. The van der Waals surface area contributed by atoms with Crippen LogP contribution in [0.15, 0.2) is 18.2 Å². The van der Waals surface area contributed by atoms with Crippen LogP contribution in [0.25, 0.3) is 0 Å². The second-order valence-corrected chi connectivity index (χ2v) is 6.17. The van der Waals surface area contributed by atoms with E-state index in [0.29, 0.717) is 6.61 Å². The molecule has 0 saturated carbocycles. The van der Waals surface area contributed by atoms with Gasteiger partial charge in [0, 0.05) is 24.7 Å². The Morgan fingerprint density at radius 2 is 2.16 bits per heavy atom. The van der Waals surface area contributed by atoms with Gasteiger partial charge in [0.15, 0.2) is 0 Å². The van der Waals surface area contributed by atoms with Gasteiger partial charge in [0.2, 0.25) is 0 Å². The van der Waals surface area contributed by atoms with Crippen molar-refractivity contribution < 1.29 is 14.6 Å². The first-order valence-corrected chi connectivity index (χ1v) is 6.82. The number of fused-ring (bicyclic) bond motifs is 1. The van der Waals surface area contributed by atoms with Crippen molar-refractivity contribution in [3.63, 3.8) is 0 Å². The van der Waals surface area contributed by atoms with E-state index in [1.165, 1.54) is 5.56 Å². The Balaban J connectivity index is 1.85. The molecular formula is C15H21NO3. The number of hydrogen-bond acceptors (Lipinski definition) is 4. The molecule has 3 rings (SSSR count). The molecule has 2 heterocycles. The average Bonchev–Trinajstić information content (AvgIpc) is 2.68. The van der Waals surface area contributed by atoms with Crippen LogP contribution in [0.4, 0.5) is 0 Å². The maximum absolute atomic E-state index is 9.50. The van der Waals surface area contributed by atoms with E-state index in [1.807, 2.05) is 6.07 Å². The molecule has 1 N–H and O–H groups in total. The van der Waals surface area contributed by atoms with E-state index < -0.39 is 0 Å². The van der Waals surface area contributed by atoms with Gasteiger partial charge in [-0.25, -0.2) is 0 Å². The van der Waals surface area contributed by atoms with Gasteiger partial charge in [-0.2, -0.15) is 0 Å². The van der Waals surface area contributed by atoms with Crippen molar-refractivity contribution in [1.82, 2.24) is 4.90 Å². The lowest BCUT2D eigenvalue weighted by Gasteiger charge is -2.44. The van der Waals surface area contributed by atoms with Crippen molar-refractivity contribution in [2.45, 2.75) is 38.5 Å². The summed E-state index contributed by atoms with van der Waals surface area (Å²) in [6.45, 7) is 8.83. The van der Waals surface area contributed by atoms with Gasteiger partial charge >= 0.3 is 0 Å². The van der Waals surface area contributed by atoms with Crippen molar-refractivity contribution in [2.75, 3.05) is 19.7 Å². The summed E-state index contributed by atoms with van der Waals surface area (Å²) in [5.41, 5.74) is 1.04. The number of phenols is 1. The smallest absolute Gasteiger partial charge is 0.127 e. The van der Waals surface area contributed by atoms with Crippen LogP contribution in [0, 0.1) is 0 Å². The van der Waals surface area contributed by atoms with E-state index in [-0.39, 0.29) is 23.5 Å². The molecule has 2 unspecified atom stereocenters. The fraction of sp³-hybridized carbons (Fsp3) is 0.600. The van der Waals surface area contributed by atoms with Crippen LogP contribution in [-0.2, 0) is 4.74 Å². The molecule has 19 heavy (non-hydrogen) atoms. The Labute approximate surface area is 113 Å². The lowest BCUT2D eigenvalue weighted by Crippen LogP contribution is -2.53. The molecule has 1 fully saturated rings. The highest BCUT2D eigenvalue weighted by Crippen LogP contribution is 2.40. The van der Waals surface area contributed by atoms with Crippen LogP contribution in [0.5, 0.6) is 11.5 Å². The third kappa shape index (κ3) is 2.42. The van der Waals surface area contributed by atoms with Gasteiger partial charge in [-0.1, -0.05) is 0 Å². The zero-order chi connectivity index (χ0) is 13.6.